The van der Waals surface area contributed by atoms with E-state index in [0.29, 0.717) is 11.1 Å². The zero-order chi connectivity index (χ0) is 14.9. The minimum Gasteiger partial charge on any atom is -0.506 e. The maximum atomic E-state index is 12.1. The Labute approximate surface area is 116 Å². The van der Waals surface area contributed by atoms with Gasteiger partial charge in [-0.1, -0.05) is 38.1 Å². The van der Waals surface area contributed by atoms with Gasteiger partial charge in [-0.25, -0.2) is 4.79 Å². The zero-order valence-corrected chi connectivity index (χ0v) is 11.2. The van der Waals surface area contributed by atoms with E-state index in [2.05, 4.69) is 4.99 Å². The van der Waals surface area contributed by atoms with E-state index in [9.17, 15) is 14.7 Å². The number of rotatable bonds is 4. The summed E-state index contributed by atoms with van der Waals surface area (Å²) < 4.78 is 0. The number of aliphatic carboxylic acids is 1. The van der Waals surface area contributed by atoms with Crippen molar-refractivity contribution in [1.82, 2.24) is 0 Å². The molecular weight excluding hydrogens is 258 g/mol. The quantitative estimate of drug-likeness (QED) is 0.824. The lowest BCUT2D eigenvalue weighted by atomic mass is 10.1. The summed E-state index contributed by atoms with van der Waals surface area (Å²) in [4.78, 5) is 27.1. The number of carbonyl (C=O) groups is 2. The molecule has 0 aliphatic heterocycles. The summed E-state index contributed by atoms with van der Waals surface area (Å²) in [5.41, 5.74) is 0.899. The minimum absolute atomic E-state index is 0.0399. The Balaban J connectivity index is 2.34. The Hall–Kier alpha value is -2.43. The second-order valence-corrected chi connectivity index (χ2v) is 4.94. The fourth-order valence-electron chi connectivity index (χ4n) is 2.08. The lowest BCUT2D eigenvalue weighted by molar-refractivity contribution is -0.139. The third-order valence-electron chi connectivity index (χ3n) is 3.18. The van der Waals surface area contributed by atoms with Gasteiger partial charge in [0.25, 0.3) is 0 Å². The largest absolute Gasteiger partial charge is 0.506 e. The van der Waals surface area contributed by atoms with Crippen LogP contribution in [0.15, 0.2) is 34.8 Å². The van der Waals surface area contributed by atoms with Crippen LogP contribution in [0, 0.1) is 5.92 Å². The molecule has 1 atom stereocenters. The van der Waals surface area contributed by atoms with Crippen LogP contribution >= 0.6 is 0 Å². The maximum absolute atomic E-state index is 12.1. The Morgan fingerprint density at radius 1 is 1.25 bits per heavy atom. The predicted octanol–water partition coefficient (Wildman–Crippen LogP) is 2.33. The van der Waals surface area contributed by atoms with Gasteiger partial charge in [0.05, 0.1) is 5.57 Å². The Bertz CT molecular complexity index is 629. The number of aliphatic imine (C=N–C) groups is 1. The van der Waals surface area contributed by atoms with Crippen molar-refractivity contribution in [2.45, 2.75) is 19.9 Å². The first-order valence-corrected chi connectivity index (χ1v) is 6.26. The van der Waals surface area contributed by atoms with E-state index in [4.69, 9.17) is 5.11 Å². The summed E-state index contributed by atoms with van der Waals surface area (Å²) in [6.07, 6.45) is 1.16. The van der Waals surface area contributed by atoms with Gasteiger partial charge in [-0.15, -0.1) is 0 Å². The van der Waals surface area contributed by atoms with Gasteiger partial charge in [0.2, 0.25) is 0 Å². The van der Waals surface area contributed by atoms with Gasteiger partial charge in [-0.2, -0.15) is 0 Å². The Kier molecular flexibility index (Phi) is 3.70. The molecule has 1 aromatic carbocycles. The molecule has 1 unspecified atom stereocenters. The summed E-state index contributed by atoms with van der Waals surface area (Å²) in [7, 11) is 0. The lowest BCUT2D eigenvalue weighted by Crippen LogP contribution is -2.24. The Morgan fingerprint density at radius 2 is 1.85 bits per heavy atom. The van der Waals surface area contributed by atoms with E-state index in [1.165, 1.54) is 0 Å². The first-order valence-electron chi connectivity index (χ1n) is 6.26. The minimum atomic E-state index is -1.06. The summed E-state index contributed by atoms with van der Waals surface area (Å²) in [6, 6.07) is 5.74. The SMILES string of the molecule is CC(C)C(N=CC1=C(O)c2ccccc2C1=O)C(=O)O. The first kappa shape index (κ1) is 14.0. The monoisotopic (exact) mass is 273 g/mol. The number of benzene rings is 1. The molecule has 2 rings (SSSR count). The van der Waals surface area contributed by atoms with Crippen LogP contribution in [-0.4, -0.2) is 34.2 Å². The van der Waals surface area contributed by atoms with Crippen molar-refractivity contribution in [3.05, 3.63) is 41.0 Å². The van der Waals surface area contributed by atoms with E-state index in [1.807, 2.05) is 0 Å². The normalized spacial score (nSPS) is 16.1. The highest BCUT2D eigenvalue weighted by Gasteiger charge is 2.29. The molecule has 0 spiro atoms. The third-order valence-corrected chi connectivity index (χ3v) is 3.18. The fraction of sp³-hybridized carbons (Fsp3) is 0.267. The van der Waals surface area contributed by atoms with Crippen LogP contribution in [0.25, 0.3) is 5.76 Å². The molecule has 0 heterocycles. The molecule has 20 heavy (non-hydrogen) atoms. The third kappa shape index (κ3) is 2.34. The highest BCUT2D eigenvalue weighted by molar-refractivity contribution is 6.30. The van der Waals surface area contributed by atoms with E-state index in [1.54, 1.807) is 38.1 Å². The molecule has 0 aromatic heterocycles. The summed E-state index contributed by atoms with van der Waals surface area (Å²) in [6.45, 7) is 3.46. The summed E-state index contributed by atoms with van der Waals surface area (Å²) in [5, 5.41) is 19.1. The van der Waals surface area contributed by atoms with Crippen molar-refractivity contribution < 1.29 is 19.8 Å². The molecule has 1 aromatic rings. The van der Waals surface area contributed by atoms with Crippen LogP contribution in [0.1, 0.15) is 29.8 Å². The Morgan fingerprint density at radius 3 is 2.35 bits per heavy atom. The number of carboxylic acid groups (broad SMARTS) is 1. The van der Waals surface area contributed by atoms with Crippen molar-refractivity contribution in [2.24, 2.45) is 10.9 Å². The van der Waals surface area contributed by atoms with Gasteiger partial charge in [0, 0.05) is 17.3 Å². The van der Waals surface area contributed by atoms with Crippen LogP contribution < -0.4 is 0 Å². The number of aliphatic hydroxyl groups excluding tert-OH is 1. The van der Waals surface area contributed by atoms with Gasteiger partial charge < -0.3 is 10.2 Å². The number of hydrogen-bond donors (Lipinski definition) is 2. The highest BCUT2D eigenvalue weighted by Crippen LogP contribution is 2.29. The fourth-order valence-corrected chi connectivity index (χ4v) is 2.08. The van der Waals surface area contributed by atoms with Crippen molar-refractivity contribution >= 4 is 23.7 Å². The topological polar surface area (TPSA) is 87.0 Å². The van der Waals surface area contributed by atoms with Crippen LogP contribution in [0.2, 0.25) is 0 Å². The second-order valence-electron chi connectivity index (χ2n) is 4.94. The number of ketones is 1. The molecule has 0 amide bonds. The van der Waals surface area contributed by atoms with Crippen LogP contribution in [0.3, 0.4) is 0 Å². The van der Waals surface area contributed by atoms with Crippen molar-refractivity contribution in [1.29, 1.82) is 0 Å². The number of hydrogen-bond acceptors (Lipinski definition) is 4. The number of nitrogens with zero attached hydrogens (tertiary/aromatic N) is 1. The number of carboxylic acids is 1. The van der Waals surface area contributed by atoms with Crippen LogP contribution in [0.4, 0.5) is 0 Å². The van der Waals surface area contributed by atoms with Gasteiger partial charge >= 0.3 is 5.97 Å². The van der Waals surface area contributed by atoms with Crippen LogP contribution in [-0.2, 0) is 4.79 Å². The van der Waals surface area contributed by atoms with Crippen molar-refractivity contribution in [3.8, 4) is 0 Å². The van der Waals surface area contributed by atoms with Gasteiger partial charge in [0.1, 0.15) is 11.8 Å². The first-order chi connectivity index (χ1) is 9.43. The average Bonchev–Trinajstić information content (AvgIpc) is 2.63. The predicted molar refractivity (Wildman–Crippen MR) is 75.1 cm³/mol. The smallest absolute Gasteiger partial charge is 0.328 e. The molecular formula is C15H15NO4. The maximum Gasteiger partial charge on any atom is 0.328 e. The van der Waals surface area contributed by atoms with Gasteiger partial charge in [-0.05, 0) is 5.92 Å². The van der Waals surface area contributed by atoms with Gasteiger partial charge in [0.15, 0.2) is 5.78 Å². The number of carbonyl (C=O) groups excluding carboxylic acids is 1. The average molecular weight is 273 g/mol. The molecule has 1 aliphatic rings. The number of aliphatic hydroxyl groups is 1. The molecule has 0 saturated carbocycles. The van der Waals surface area contributed by atoms with E-state index in [-0.39, 0.29) is 23.0 Å². The van der Waals surface area contributed by atoms with E-state index < -0.39 is 12.0 Å². The molecule has 0 fully saturated rings. The van der Waals surface area contributed by atoms with Crippen molar-refractivity contribution in [2.75, 3.05) is 0 Å². The summed E-state index contributed by atoms with van der Waals surface area (Å²) in [5.74, 6) is -1.75. The molecule has 1 aliphatic carbocycles. The highest BCUT2D eigenvalue weighted by atomic mass is 16.4. The molecule has 2 N–H and O–H groups in total. The van der Waals surface area contributed by atoms with E-state index in [0.717, 1.165) is 6.21 Å². The van der Waals surface area contributed by atoms with E-state index >= 15 is 0 Å². The standard InChI is InChI=1S/C15H15NO4/c1-8(2)12(15(19)20)16-7-11-13(17)9-5-3-4-6-10(9)14(11)18/h3-8,12,17H,1-2H3,(H,19,20). The van der Waals surface area contributed by atoms with Crippen LogP contribution in [0.5, 0.6) is 0 Å². The molecule has 0 bridgehead atoms. The molecule has 5 nitrogen and oxygen atoms in total. The number of allylic oxidation sites excluding steroid dienone is 1. The zero-order valence-electron chi connectivity index (χ0n) is 11.2. The second kappa shape index (κ2) is 5.28. The molecule has 104 valence electrons. The molecule has 0 radical (unpaired) electrons. The lowest BCUT2D eigenvalue weighted by Gasteiger charge is -2.10. The van der Waals surface area contributed by atoms with Gasteiger partial charge in [-0.3, -0.25) is 9.79 Å². The molecule has 0 saturated heterocycles. The number of fused-ring (bicyclic) bond motifs is 1. The van der Waals surface area contributed by atoms with Crippen molar-refractivity contribution in [3.63, 3.8) is 0 Å². The molecule has 5 heteroatoms. The number of Topliss-reactive ketones (excluding diaryl/α,β-unsaturated/α-hetero) is 1. The summed E-state index contributed by atoms with van der Waals surface area (Å²) >= 11 is 0.